The quantitative estimate of drug-likeness (QED) is 0.455. The second-order valence-corrected chi connectivity index (χ2v) is 2.47. The van der Waals surface area contributed by atoms with E-state index < -0.39 is 17.3 Å². The van der Waals surface area contributed by atoms with Crippen molar-refractivity contribution >= 4 is 5.97 Å². The lowest BCUT2D eigenvalue weighted by Crippen LogP contribution is -2.02. The summed E-state index contributed by atoms with van der Waals surface area (Å²) in [6.07, 6.45) is 0. The van der Waals surface area contributed by atoms with E-state index in [0.29, 0.717) is 0 Å². The van der Waals surface area contributed by atoms with Gasteiger partial charge in [-0.15, -0.1) is 0 Å². The number of nitrogens with zero attached hydrogens (tertiary/aromatic N) is 3. The molecule has 0 aliphatic rings. The number of rotatable bonds is 3. The average Bonchev–Trinajstić information content (AvgIpc) is 2.16. The Hall–Kier alpha value is -2.07. The maximum Gasteiger partial charge on any atom is 0.338 e. The van der Waals surface area contributed by atoms with Gasteiger partial charge in [-0.2, -0.15) is 0 Å². The van der Waals surface area contributed by atoms with Gasteiger partial charge in [0.15, 0.2) is 0 Å². The van der Waals surface area contributed by atoms with Gasteiger partial charge >= 0.3 is 5.97 Å². The van der Waals surface area contributed by atoms with Crippen LogP contribution in [0.5, 0.6) is 0 Å². The number of hydrogen-bond donors (Lipinski definition) is 1. The molecule has 0 amide bonds. The lowest BCUT2D eigenvalue weighted by Gasteiger charge is -2.01. The van der Waals surface area contributed by atoms with Crippen molar-refractivity contribution in [3.05, 3.63) is 45.6 Å². The SMILES string of the molecule is [N-]=[N+]=NCc1cccc(C(=O)O)c1F. The van der Waals surface area contributed by atoms with Gasteiger partial charge in [0.25, 0.3) is 0 Å². The lowest BCUT2D eigenvalue weighted by atomic mass is 10.1. The third kappa shape index (κ3) is 1.99. The number of aromatic carboxylic acids is 1. The predicted octanol–water partition coefficient (Wildman–Crippen LogP) is 2.33. The van der Waals surface area contributed by atoms with Crippen LogP contribution in [0.1, 0.15) is 15.9 Å². The number of halogens is 1. The van der Waals surface area contributed by atoms with Crippen LogP contribution in [0.25, 0.3) is 10.4 Å². The standard InChI is InChI=1S/C8H6FN3O2/c9-7-5(4-11-12-10)2-1-3-6(7)8(13)14/h1-3H,4H2,(H,13,14). The largest absolute Gasteiger partial charge is 0.478 e. The molecular formula is C8H6FN3O2. The molecule has 0 radical (unpaired) electrons. The van der Waals surface area contributed by atoms with Gasteiger partial charge in [-0.25, -0.2) is 9.18 Å². The van der Waals surface area contributed by atoms with E-state index in [1.807, 2.05) is 0 Å². The van der Waals surface area contributed by atoms with Crippen LogP contribution in [-0.2, 0) is 6.54 Å². The van der Waals surface area contributed by atoms with Crippen LogP contribution in [0.2, 0.25) is 0 Å². The van der Waals surface area contributed by atoms with E-state index in [-0.39, 0.29) is 12.1 Å². The number of carboxylic acids is 1. The number of carboxylic acid groups (broad SMARTS) is 1. The van der Waals surface area contributed by atoms with Crippen molar-refractivity contribution in [2.75, 3.05) is 0 Å². The Balaban J connectivity index is 3.13. The van der Waals surface area contributed by atoms with Crippen molar-refractivity contribution in [3.63, 3.8) is 0 Å². The molecule has 1 aromatic rings. The van der Waals surface area contributed by atoms with E-state index in [1.165, 1.54) is 12.1 Å². The molecule has 0 unspecified atom stereocenters. The summed E-state index contributed by atoms with van der Waals surface area (Å²) < 4.78 is 13.3. The predicted molar refractivity (Wildman–Crippen MR) is 46.2 cm³/mol. The van der Waals surface area contributed by atoms with Crippen LogP contribution >= 0.6 is 0 Å². The van der Waals surface area contributed by atoms with Crippen molar-refractivity contribution in [2.45, 2.75) is 6.54 Å². The second-order valence-electron chi connectivity index (χ2n) is 2.47. The van der Waals surface area contributed by atoms with E-state index in [9.17, 15) is 9.18 Å². The third-order valence-electron chi connectivity index (χ3n) is 1.61. The topological polar surface area (TPSA) is 86.1 Å². The van der Waals surface area contributed by atoms with E-state index in [1.54, 1.807) is 0 Å². The van der Waals surface area contributed by atoms with E-state index in [4.69, 9.17) is 10.6 Å². The summed E-state index contributed by atoms with van der Waals surface area (Å²) in [5, 5.41) is 11.7. The number of carbonyl (C=O) groups is 1. The highest BCUT2D eigenvalue weighted by atomic mass is 19.1. The minimum absolute atomic E-state index is 0.0719. The van der Waals surface area contributed by atoms with Crippen molar-refractivity contribution in [1.29, 1.82) is 0 Å². The maximum absolute atomic E-state index is 13.3. The average molecular weight is 195 g/mol. The summed E-state index contributed by atoms with van der Waals surface area (Å²) in [5.41, 5.74) is 7.67. The molecule has 6 heteroatoms. The summed E-state index contributed by atoms with van der Waals surface area (Å²) >= 11 is 0. The van der Waals surface area contributed by atoms with Crippen LogP contribution in [-0.4, -0.2) is 11.1 Å². The van der Waals surface area contributed by atoms with Gasteiger partial charge < -0.3 is 5.11 Å². The Morgan fingerprint density at radius 1 is 1.64 bits per heavy atom. The molecule has 0 atom stereocenters. The van der Waals surface area contributed by atoms with Gasteiger partial charge in [-0.1, -0.05) is 17.2 Å². The van der Waals surface area contributed by atoms with Gasteiger partial charge in [-0.3, -0.25) is 0 Å². The third-order valence-corrected chi connectivity index (χ3v) is 1.61. The summed E-state index contributed by atoms with van der Waals surface area (Å²) in [6, 6.07) is 3.92. The summed E-state index contributed by atoms with van der Waals surface area (Å²) in [6.45, 7) is -0.191. The van der Waals surface area contributed by atoms with Crippen molar-refractivity contribution in [3.8, 4) is 0 Å². The maximum atomic E-state index is 13.3. The molecule has 1 rings (SSSR count). The molecule has 0 aliphatic heterocycles. The van der Waals surface area contributed by atoms with E-state index >= 15 is 0 Å². The molecule has 0 bridgehead atoms. The second kappa shape index (κ2) is 4.25. The number of hydrogen-bond acceptors (Lipinski definition) is 2. The van der Waals surface area contributed by atoms with Gasteiger partial charge in [-0.05, 0) is 17.2 Å². The molecule has 1 aromatic carbocycles. The minimum Gasteiger partial charge on any atom is -0.478 e. The van der Waals surface area contributed by atoms with Crippen LogP contribution < -0.4 is 0 Å². The molecule has 14 heavy (non-hydrogen) atoms. The molecule has 0 aromatic heterocycles. The Morgan fingerprint density at radius 2 is 2.36 bits per heavy atom. The monoisotopic (exact) mass is 195 g/mol. The van der Waals surface area contributed by atoms with Crippen LogP contribution in [0.15, 0.2) is 23.3 Å². The Kier molecular flexibility index (Phi) is 3.04. The fourth-order valence-electron chi connectivity index (χ4n) is 0.975. The van der Waals surface area contributed by atoms with Crippen molar-refractivity contribution in [2.24, 2.45) is 5.11 Å². The fourth-order valence-corrected chi connectivity index (χ4v) is 0.975. The molecule has 0 spiro atoms. The molecule has 0 saturated carbocycles. The number of azide groups is 1. The molecule has 72 valence electrons. The lowest BCUT2D eigenvalue weighted by molar-refractivity contribution is 0.0691. The van der Waals surface area contributed by atoms with Gasteiger partial charge in [0.2, 0.25) is 0 Å². The first kappa shape index (κ1) is 10.0. The molecule has 5 nitrogen and oxygen atoms in total. The first-order valence-corrected chi connectivity index (χ1v) is 3.68. The molecule has 0 saturated heterocycles. The minimum atomic E-state index is -1.34. The molecule has 1 N–H and O–H groups in total. The Bertz CT molecular complexity index is 413. The highest BCUT2D eigenvalue weighted by Gasteiger charge is 2.12. The first-order chi connectivity index (χ1) is 6.66. The normalized spacial score (nSPS) is 9.21. The summed E-state index contributed by atoms with van der Waals surface area (Å²) in [7, 11) is 0. The van der Waals surface area contributed by atoms with Crippen LogP contribution in [0.3, 0.4) is 0 Å². The van der Waals surface area contributed by atoms with Crippen molar-refractivity contribution in [1.82, 2.24) is 0 Å². The highest BCUT2D eigenvalue weighted by molar-refractivity contribution is 5.88. The van der Waals surface area contributed by atoms with Gasteiger partial charge in [0, 0.05) is 4.91 Å². The smallest absolute Gasteiger partial charge is 0.338 e. The van der Waals surface area contributed by atoms with Gasteiger partial charge in [0.05, 0.1) is 12.1 Å². The van der Waals surface area contributed by atoms with E-state index in [2.05, 4.69) is 10.0 Å². The molecule has 0 fully saturated rings. The summed E-state index contributed by atoms with van der Waals surface area (Å²) in [4.78, 5) is 13.0. The van der Waals surface area contributed by atoms with E-state index in [0.717, 1.165) is 6.07 Å². The fraction of sp³-hybridized carbons (Fsp3) is 0.125. The Morgan fingerprint density at radius 3 is 2.93 bits per heavy atom. The van der Waals surface area contributed by atoms with Crippen molar-refractivity contribution < 1.29 is 14.3 Å². The Labute approximate surface area is 78.4 Å². The summed E-state index contributed by atoms with van der Waals surface area (Å²) in [5.74, 6) is -2.20. The molecule has 0 heterocycles. The van der Waals surface area contributed by atoms with Crippen LogP contribution in [0, 0.1) is 5.82 Å². The van der Waals surface area contributed by atoms with Crippen LogP contribution in [0.4, 0.5) is 4.39 Å². The van der Waals surface area contributed by atoms with Gasteiger partial charge in [0.1, 0.15) is 5.82 Å². The molecule has 0 aliphatic carbocycles. The first-order valence-electron chi connectivity index (χ1n) is 3.68. The zero-order valence-corrected chi connectivity index (χ0v) is 7.01. The zero-order chi connectivity index (χ0) is 10.6. The zero-order valence-electron chi connectivity index (χ0n) is 7.01. The number of benzene rings is 1. The molecular weight excluding hydrogens is 189 g/mol. The highest BCUT2D eigenvalue weighted by Crippen LogP contribution is 2.13.